The molecule has 1 aliphatic rings. The van der Waals surface area contributed by atoms with Crippen molar-refractivity contribution in [2.45, 2.75) is 40.0 Å². The molecule has 0 aromatic rings. The van der Waals surface area contributed by atoms with Gasteiger partial charge in [-0.25, -0.2) is 0 Å². The summed E-state index contributed by atoms with van der Waals surface area (Å²) in [6.45, 7) is 6.75. The molecule has 0 bridgehead atoms. The maximum atomic E-state index is 10.4. The van der Waals surface area contributed by atoms with Gasteiger partial charge in [0.1, 0.15) is 6.29 Å². The third-order valence-corrected chi connectivity index (χ3v) is 3.61. The van der Waals surface area contributed by atoms with Gasteiger partial charge in [-0.1, -0.05) is 27.2 Å². The van der Waals surface area contributed by atoms with E-state index >= 15 is 0 Å². The summed E-state index contributed by atoms with van der Waals surface area (Å²) in [6, 6.07) is 0. The molecule has 0 aromatic carbocycles. The lowest BCUT2D eigenvalue weighted by Crippen LogP contribution is -2.44. The van der Waals surface area contributed by atoms with E-state index in [1.165, 1.54) is 12.8 Å². The standard InChI is InChI=1S/C10H18O/c1-4-9-7-10(3,5-6-11)8(9)2/h6,8-9H,4-5,7H2,1-3H3. The van der Waals surface area contributed by atoms with Gasteiger partial charge >= 0.3 is 0 Å². The molecule has 1 rings (SSSR count). The minimum absolute atomic E-state index is 0.336. The van der Waals surface area contributed by atoms with E-state index < -0.39 is 0 Å². The van der Waals surface area contributed by atoms with Crippen molar-refractivity contribution in [3.05, 3.63) is 0 Å². The van der Waals surface area contributed by atoms with E-state index in [2.05, 4.69) is 20.8 Å². The first kappa shape index (κ1) is 8.76. The van der Waals surface area contributed by atoms with Crippen LogP contribution in [0, 0.1) is 17.3 Å². The molecule has 0 aliphatic heterocycles. The van der Waals surface area contributed by atoms with Crippen LogP contribution in [0.4, 0.5) is 0 Å². The summed E-state index contributed by atoms with van der Waals surface area (Å²) in [7, 11) is 0. The molecule has 0 saturated heterocycles. The normalized spacial score (nSPS) is 43.2. The lowest BCUT2D eigenvalue weighted by molar-refractivity contribution is -0.115. The Morgan fingerprint density at radius 2 is 2.27 bits per heavy atom. The van der Waals surface area contributed by atoms with Gasteiger partial charge in [-0.15, -0.1) is 0 Å². The molecule has 0 radical (unpaired) electrons. The molecule has 1 nitrogen and oxygen atoms in total. The van der Waals surface area contributed by atoms with Crippen molar-refractivity contribution in [1.29, 1.82) is 0 Å². The van der Waals surface area contributed by atoms with Gasteiger partial charge in [0.25, 0.3) is 0 Å². The Kier molecular flexibility index (Phi) is 2.36. The molecule has 1 heteroatoms. The number of hydrogen-bond acceptors (Lipinski definition) is 1. The van der Waals surface area contributed by atoms with Gasteiger partial charge < -0.3 is 4.79 Å². The Bertz CT molecular complexity index is 153. The zero-order chi connectivity index (χ0) is 8.48. The summed E-state index contributed by atoms with van der Waals surface area (Å²) in [4.78, 5) is 10.4. The van der Waals surface area contributed by atoms with Crippen LogP contribution in [0.25, 0.3) is 0 Å². The van der Waals surface area contributed by atoms with Crippen LogP contribution in [0.1, 0.15) is 40.0 Å². The van der Waals surface area contributed by atoms with Crippen LogP contribution in [-0.4, -0.2) is 6.29 Å². The fraction of sp³-hybridized carbons (Fsp3) is 0.900. The van der Waals surface area contributed by atoms with Crippen LogP contribution in [0.15, 0.2) is 0 Å². The Morgan fingerprint density at radius 1 is 1.64 bits per heavy atom. The lowest BCUT2D eigenvalue weighted by Gasteiger charge is -2.51. The van der Waals surface area contributed by atoms with E-state index in [-0.39, 0.29) is 0 Å². The van der Waals surface area contributed by atoms with Gasteiger partial charge in [-0.05, 0) is 23.7 Å². The van der Waals surface area contributed by atoms with Gasteiger partial charge in [-0.3, -0.25) is 0 Å². The Hall–Kier alpha value is -0.330. The molecule has 11 heavy (non-hydrogen) atoms. The lowest BCUT2D eigenvalue weighted by atomic mass is 9.53. The molecule has 1 saturated carbocycles. The molecule has 64 valence electrons. The molecule has 3 atom stereocenters. The van der Waals surface area contributed by atoms with Crippen LogP contribution in [0.2, 0.25) is 0 Å². The highest BCUT2D eigenvalue weighted by Crippen LogP contribution is 2.53. The zero-order valence-corrected chi connectivity index (χ0v) is 7.76. The van der Waals surface area contributed by atoms with Crippen LogP contribution >= 0.6 is 0 Å². The van der Waals surface area contributed by atoms with Crippen LogP contribution < -0.4 is 0 Å². The first-order valence-corrected chi connectivity index (χ1v) is 4.57. The minimum atomic E-state index is 0.336. The fourth-order valence-corrected chi connectivity index (χ4v) is 2.33. The van der Waals surface area contributed by atoms with E-state index in [4.69, 9.17) is 0 Å². The molecular weight excluding hydrogens is 136 g/mol. The van der Waals surface area contributed by atoms with Crippen molar-refractivity contribution < 1.29 is 4.79 Å². The molecule has 0 N–H and O–H groups in total. The number of carbonyl (C=O) groups excluding carboxylic acids is 1. The van der Waals surface area contributed by atoms with Crippen molar-refractivity contribution in [3.63, 3.8) is 0 Å². The Morgan fingerprint density at radius 3 is 2.64 bits per heavy atom. The number of hydrogen-bond donors (Lipinski definition) is 0. The molecule has 0 aromatic heterocycles. The summed E-state index contributed by atoms with van der Waals surface area (Å²) in [6.07, 6.45) is 4.35. The van der Waals surface area contributed by atoms with Crippen LogP contribution in [0.3, 0.4) is 0 Å². The first-order valence-electron chi connectivity index (χ1n) is 4.57. The van der Waals surface area contributed by atoms with Crippen molar-refractivity contribution in [1.82, 2.24) is 0 Å². The van der Waals surface area contributed by atoms with Gasteiger partial charge in [-0.2, -0.15) is 0 Å². The Labute approximate surface area is 69.2 Å². The summed E-state index contributed by atoms with van der Waals surface area (Å²) >= 11 is 0. The summed E-state index contributed by atoms with van der Waals surface area (Å²) in [5.41, 5.74) is 0.336. The molecule has 0 spiro atoms. The largest absolute Gasteiger partial charge is 0.303 e. The van der Waals surface area contributed by atoms with Crippen molar-refractivity contribution in [2.75, 3.05) is 0 Å². The molecule has 3 unspecified atom stereocenters. The van der Waals surface area contributed by atoms with Gasteiger partial charge in [0.05, 0.1) is 0 Å². The molecule has 0 amide bonds. The number of rotatable bonds is 3. The molecular formula is C10H18O. The quantitative estimate of drug-likeness (QED) is 0.571. The van der Waals surface area contributed by atoms with Gasteiger partial charge in [0.15, 0.2) is 0 Å². The third-order valence-electron chi connectivity index (χ3n) is 3.61. The first-order chi connectivity index (χ1) is 5.14. The Balaban J connectivity index is 2.46. The highest BCUT2D eigenvalue weighted by molar-refractivity contribution is 5.51. The molecule has 1 fully saturated rings. The second-order valence-electron chi connectivity index (χ2n) is 4.19. The monoisotopic (exact) mass is 154 g/mol. The van der Waals surface area contributed by atoms with E-state index in [0.717, 1.165) is 24.5 Å². The third kappa shape index (κ3) is 1.33. The second kappa shape index (κ2) is 2.96. The van der Waals surface area contributed by atoms with Crippen LogP contribution in [0.5, 0.6) is 0 Å². The maximum absolute atomic E-state index is 10.4. The average molecular weight is 154 g/mol. The predicted molar refractivity (Wildman–Crippen MR) is 46.4 cm³/mol. The van der Waals surface area contributed by atoms with E-state index in [1.54, 1.807) is 0 Å². The average Bonchev–Trinajstić information content (AvgIpc) is 2.00. The van der Waals surface area contributed by atoms with E-state index in [0.29, 0.717) is 5.41 Å². The van der Waals surface area contributed by atoms with E-state index in [1.807, 2.05) is 0 Å². The summed E-state index contributed by atoms with van der Waals surface area (Å²) in [5.74, 6) is 1.62. The second-order valence-corrected chi connectivity index (χ2v) is 4.19. The zero-order valence-electron chi connectivity index (χ0n) is 7.76. The van der Waals surface area contributed by atoms with Gasteiger partial charge in [0, 0.05) is 6.42 Å². The summed E-state index contributed by atoms with van der Waals surface area (Å²) in [5, 5.41) is 0. The van der Waals surface area contributed by atoms with Gasteiger partial charge in [0.2, 0.25) is 0 Å². The van der Waals surface area contributed by atoms with Crippen molar-refractivity contribution in [2.24, 2.45) is 17.3 Å². The van der Waals surface area contributed by atoms with Crippen LogP contribution in [-0.2, 0) is 4.79 Å². The predicted octanol–water partition coefficient (Wildman–Crippen LogP) is 2.65. The van der Waals surface area contributed by atoms with E-state index in [9.17, 15) is 4.79 Å². The smallest absolute Gasteiger partial charge is 0.120 e. The molecule has 0 heterocycles. The molecule has 1 aliphatic carbocycles. The van der Waals surface area contributed by atoms with Crippen molar-refractivity contribution in [3.8, 4) is 0 Å². The highest BCUT2D eigenvalue weighted by Gasteiger charge is 2.45. The SMILES string of the molecule is CCC1CC(C)(CC=O)C1C. The topological polar surface area (TPSA) is 17.1 Å². The number of aldehydes is 1. The van der Waals surface area contributed by atoms with Crippen molar-refractivity contribution >= 4 is 6.29 Å². The minimum Gasteiger partial charge on any atom is -0.303 e. The fourth-order valence-electron chi connectivity index (χ4n) is 2.33. The maximum Gasteiger partial charge on any atom is 0.120 e. The summed E-state index contributed by atoms with van der Waals surface area (Å²) < 4.78 is 0. The number of carbonyl (C=O) groups is 1. The highest BCUT2D eigenvalue weighted by atomic mass is 16.1.